The number of carbonyl (C=O) groups excluding carboxylic acids is 2. The highest BCUT2D eigenvalue weighted by atomic mass is 16.5. The van der Waals surface area contributed by atoms with Crippen LogP contribution in [0.3, 0.4) is 0 Å². The lowest BCUT2D eigenvalue weighted by molar-refractivity contribution is 0.0712. The quantitative estimate of drug-likeness (QED) is 0.358. The number of benzene rings is 2. The van der Waals surface area contributed by atoms with Crippen LogP contribution in [0.5, 0.6) is 0 Å². The molecule has 2 fully saturated rings. The minimum atomic E-state index is -0.251. The van der Waals surface area contributed by atoms with Crippen LogP contribution in [0.1, 0.15) is 50.6 Å². The second-order valence-corrected chi connectivity index (χ2v) is 11.1. The van der Waals surface area contributed by atoms with Crippen molar-refractivity contribution in [1.29, 1.82) is 0 Å². The van der Waals surface area contributed by atoms with E-state index in [2.05, 4.69) is 44.6 Å². The second-order valence-electron chi connectivity index (χ2n) is 11.1. The van der Waals surface area contributed by atoms with Crippen molar-refractivity contribution in [3.05, 3.63) is 95.4 Å². The number of carbonyl (C=O) groups is 2. The average Bonchev–Trinajstić information content (AvgIpc) is 3.48. The summed E-state index contributed by atoms with van der Waals surface area (Å²) in [6.07, 6.45) is 7.33. The Labute approximate surface area is 246 Å². The number of amides is 2. The van der Waals surface area contributed by atoms with E-state index >= 15 is 0 Å². The maximum atomic E-state index is 13.4. The van der Waals surface area contributed by atoms with E-state index in [9.17, 15) is 9.59 Å². The number of likely N-dealkylation sites (tertiary alicyclic amines) is 1. The fraction of sp³-hybridized carbons (Fsp3) is 0.333. The first kappa shape index (κ1) is 27.7. The summed E-state index contributed by atoms with van der Waals surface area (Å²) in [5, 5.41) is 7.24. The summed E-state index contributed by atoms with van der Waals surface area (Å²) in [5.41, 5.74) is 6.15. The molecule has 2 aliphatic heterocycles. The minimum absolute atomic E-state index is 0.00703. The van der Waals surface area contributed by atoms with E-state index in [1.54, 1.807) is 18.3 Å². The van der Waals surface area contributed by atoms with Crippen molar-refractivity contribution in [3.63, 3.8) is 0 Å². The number of aromatic nitrogens is 3. The summed E-state index contributed by atoms with van der Waals surface area (Å²) < 4.78 is 7.21. The van der Waals surface area contributed by atoms with Crippen LogP contribution in [0, 0.1) is 6.92 Å². The Hall–Kier alpha value is -4.50. The fourth-order valence-corrected chi connectivity index (χ4v) is 5.70. The molecule has 2 aromatic carbocycles. The monoisotopic (exact) mass is 564 g/mol. The molecule has 2 saturated heterocycles. The summed E-state index contributed by atoms with van der Waals surface area (Å²) in [7, 11) is 1.92. The number of nitrogens with zero attached hydrogens (tertiary/aromatic N) is 5. The summed E-state index contributed by atoms with van der Waals surface area (Å²) >= 11 is 0. The lowest BCUT2D eigenvalue weighted by Crippen LogP contribution is -2.38. The molecule has 42 heavy (non-hydrogen) atoms. The van der Waals surface area contributed by atoms with Crippen LogP contribution in [-0.2, 0) is 11.8 Å². The Bertz CT molecular complexity index is 1550. The molecule has 0 spiro atoms. The molecule has 0 aliphatic carbocycles. The Kier molecular flexibility index (Phi) is 8.01. The smallest absolute Gasteiger partial charge is 0.257 e. The Morgan fingerprint density at radius 3 is 2.29 bits per heavy atom. The van der Waals surface area contributed by atoms with Gasteiger partial charge < -0.3 is 19.9 Å². The molecular weight excluding hydrogens is 528 g/mol. The van der Waals surface area contributed by atoms with Crippen molar-refractivity contribution < 1.29 is 14.3 Å². The van der Waals surface area contributed by atoms with Gasteiger partial charge in [0.2, 0.25) is 0 Å². The van der Waals surface area contributed by atoms with Gasteiger partial charge in [-0.05, 0) is 66.6 Å². The number of nitrogens with one attached hydrogen (secondary N) is 1. The first-order chi connectivity index (χ1) is 20.4. The van der Waals surface area contributed by atoms with Crippen LogP contribution >= 0.6 is 0 Å². The van der Waals surface area contributed by atoms with Crippen LogP contribution in [0.4, 0.5) is 11.5 Å². The molecule has 4 heterocycles. The Morgan fingerprint density at radius 2 is 1.62 bits per heavy atom. The Balaban J connectivity index is 1.06. The molecule has 4 aromatic rings. The van der Waals surface area contributed by atoms with Crippen molar-refractivity contribution in [3.8, 4) is 11.1 Å². The number of hydrogen-bond acceptors (Lipinski definition) is 6. The molecular formula is C33H36N6O3. The molecule has 2 aliphatic rings. The van der Waals surface area contributed by atoms with Gasteiger partial charge in [-0.15, -0.1) is 0 Å². The number of ether oxygens (including phenoxy) is 1. The van der Waals surface area contributed by atoms with Gasteiger partial charge in [-0.2, -0.15) is 5.10 Å². The summed E-state index contributed by atoms with van der Waals surface area (Å²) in [4.78, 5) is 35.0. The van der Waals surface area contributed by atoms with Gasteiger partial charge in [0.25, 0.3) is 11.8 Å². The Morgan fingerprint density at radius 1 is 0.881 bits per heavy atom. The van der Waals surface area contributed by atoms with Gasteiger partial charge in [0.15, 0.2) is 0 Å². The third kappa shape index (κ3) is 6.06. The molecule has 216 valence electrons. The first-order valence-electron chi connectivity index (χ1n) is 14.5. The maximum absolute atomic E-state index is 13.4. The third-order valence-electron chi connectivity index (χ3n) is 8.28. The van der Waals surface area contributed by atoms with Crippen molar-refractivity contribution >= 4 is 23.3 Å². The molecule has 9 heteroatoms. The molecule has 0 radical (unpaired) electrons. The van der Waals surface area contributed by atoms with Crippen molar-refractivity contribution in [2.45, 2.75) is 25.7 Å². The predicted molar refractivity (Wildman–Crippen MR) is 163 cm³/mol. The summed E-state index contributed by atoms with van der Waals surface area (Å²) in [6, 6.07) is 17.9. The van der Waals surface area contributed by atoms with Crippen LogP contribution < -0.4 is 10.2 Å². The lowest BCUT2D eigenvalue weighted by atomic mass is 9.88. The van der Waals surface area contributed by atoms with Gasteiger partial charge in [0, 0.05) is 62.4 Å². The van der Waals surface area contributed by atoms with E-state index < -0.39 is 0 Å². The van der Waals surface area contributed by atoms with Crippen molar-refractivity contribution in [2.75, 3.05) is 49.6 Å². The highest BCUT2D eigenvalue weighted by molar-refractivity contribution is 6.05. The number of morpholine rings is 1. The van der Waals surface area contributed by atoms with Crippen LogP contribution in [-0.4, -0.2) is 70.9 Å². The zero-order valence-corrected chi connectivity index (χ0v) is 24.1. The standard InChI is InChI=1S/C33H36N6O3/c1-23-3-4-27(19-30(23)36-32(40)28-9-10-31(34-20-28)38-15-17-42-18-16-38)33(41)39-13-11-26(12-14-39)24-5-7-25(8-6-24)29-21-35-37(2)22-29/h3-10,19-22,26H,11-18H2,1-2H3,(H,36,40). The van der Waals surface area contributed by atoms with Gasteiger partial charge in [-0.1, -0.05) is 30.3 Å². The molecule has 0 unspecified atom stereocenters. The highest BCUT2D eigenvalue weighted by Crippen LogP contribution is 2.31. The number of aryl methyl sites for hydroxylation is 2. The normalized spacial score (nSPS) is 16.0. The number of piperidine rings is 1. The SMILES string of the molecule is Cc1ccc(C(=O)N2CCC(c3ccc(-c4cnn(C)c4)cc3)CC2)cc1NC(=O)c1ccc(N2CCOCC2)nc1. The van der Waals surface area contributed by atoms with Gasteiger partial charge >= 0.3 is 0 Å². The number of pyridine rings is 1. The zero-order valence-electron chi connectivity index (χ0n) is 24.1. The van der Waals surface area contributed by atoms with Gasteiger partial charge in [0.1, 0.15) is 5.82 Å². The van der Waals surface area contributed by atoms with E-state index in [1.807, 2.05) is 54.1 Å². The zero-order chi connectivity index (χ0) is 29.1. The van der Waals surface area contributed by atoms with Crippen molar-refractivity contribution in [1.82, 2.24) is 19.7 Å². The van der Waals surface area contributed by atoms with Gasteiger partial charge in [-0.3, -0.25) is 14.3 Å². The summed E-state index contributed by atoms with van der Waals surface area (Å²) in [6.45, 7) is 6.26. The van der Waals surface area contributed by atoms with Crippen LogP contribution in [0.15, 0.2) is 73.2 Å². The van der Waals surface area contributed by atoms with E-state index in [0.717, 1.165) is 48.4 Å². The first-order valence-corrected chi connectivity index (χ1v) is 14.5. The third-order valence-corrected chi connectivity index (χ3v) is 8.28. The van der Waals surface area contributed by atoms with Gasteiger partial charge in [0.05, 0.1) is 25.0 Å². The van der Waals surface area contributed by atoms with Crippen LogP contribution in [0.25, 0.3) is 11.1 Å². The van der Waals surface area contributed by atoms with E-state index in [-0.39, 0.29) is 11.8 Å². The fourth-order valence-electron chi connectivity index (χ4n) is 5.70. The largest absolute Gasteiger partial charge is 0.378 e. The van der Waals surface area contributed by atoms with E-state index in [0.29, 0.717) is 49.0 Å². The molecule has 9 nitrogen and oxygen atoms in total. The molecule has 6 rings (SSSR count). The molecule has 2 aromatic heterocycles. The predicted octanol–water partition coefficient (Wildman–Crippen LogP) is 4.90. The van der Waals surface area contributed by atoms with E-state index in [1.165, 1.54) is 5.56 Å². The number of anilines is 2. The molecule has 0 bridgehead atoms. The summed E-state index contributed by atoms with van der Waals surface area (Å²) in [5.74, 6) is 1.00. The number of hydrogen-bond donors (Lipinski definition) is 1. The number of rotatable bonds is 6. The lowest BCUT2D eigenvalue weighted by Gasteiger charge is -2.32. The van der Waals surface area contributed by atoms with Crippen molar-refractivity contribution in [2.24, 2.45) is 7.05 Å². The van der Waals surface area contributed by atoms with Gasteiger partial charge in [-0.25, -0.2) is 4.98 Å². The molecule has 2 amide bonds. The van der Waals surface area contributed by atoms with Crippen LogP contribution in [0.2, 0.25) is 0 Å². The minimum Gasteiger partial charge on any atom is -0.378 e. The average molecular weight is 565 g/mol. The molecule has 1 N–H and O–H groups in total. The van der Waals surface area contributed by atoms with E-state index in [4.69, 9.17) is 4.74 Å². The highest BCUT2D eigenvalue weighted by Gasteiger charge is 2.25. The molecule has 0 saturated carbocycles. The maximum Gasteiger partial charge on any atom is 0.257 e. The molecule has 0 atom stereocenters. The second kappa shape index (κ2) is 12.2. The topological polar surface area (TPSA) is 92.6 Å².